The molecule has 23 heavy (non-hydrogen) atoms. The number of halogens is 1. The number of carbonyl (C=O) groups excluding carboxylic acids is 2. The molecule has 0 fully saturated rings. The number of thiophene rings is 1. The molecule has 0 bridgehead atoms. The number of hydrogen-bond acceptors (Lipinski definition) is 6. The fourth-order valence-corrected chi connectivity index (χ4v) is 2.39. The molecule has 1 amide bonds. The summed E-state index contributed by atoms with van der Waals surface area (Å²) in [5, 5.41) is 15.0. The minimum absolute atomic E-state index is 0.0740. The molecule has 7 nitrogen and oxygen atoms in total. The molecule has 9 heteroatoms. The fraction of sp³-hybridized carbons (Fsp3) is 0.143. The summed E-state index contributed by atoms with van der Waals surface area (Å²) in [6.07, 6.45) is -1.08. The molecule has 0 aliphatic heterocycles. The first kappa shape index (κ1) is 16.9. The number of ether oxygens (including phenoxy) is 1. The molecule has 0 saturated heterocycles. The third-order valence-electron chi connectivity index (χ3n) is 2.79. The summed E-state index contributed by atoms with van der Waals surface area (Å²) in [6.45, 7) is 1.39. The Bertz CT molecular complexity index is 748. The lowest BCUT2D eigenvalue weighted by molar-refractivity contribution is -0.384. The van der Waals surface area contributed by atoms with Gasteiger partial charge in [0.2, 0.25) is 0 Å². The highest BCUT2D eigenvalue weighted by Crippen LogP contribution is 2.27. The topological polar surface area (TPSA) is 98.5 Å². The van der Waals surface area contributed by atoms with E-state index in [1.807, 2.05) is 0 Å². The van der Waals surface area contributed by atoms with Crippen molar-refractivity contribution in [2.24, 2.45) is 0 Å². The van der Waals surface area contributed by atoms with E-state index in [1.165, 1.54) is 30.4 Å². The average Bonchev–Trinajstić information content (AvgIpc) is 3.03. The minimum atomic E-state index is -1.08. The average molecular weight is 355 g/mol. The van der Waals surface area contributed by atoms with Crippen molar-refractivity contribution in [3.8, 4) is 0 Å². The maximum Gasteiger partial charge on any atom is 0.349 e. The summed E-state index contributed by atoms with van der Waals surface area (Å²) in [7, 11) is 0. The van der Waals surface area contributed by atoms with Gasteiger partial charge in [0.25, 0.3) is 11.6 Å². The molecule has 1 aromatic heterocycles. The van der Waals surface area contributed by atoms with Crippen molar-refractivity contribution >= 4 is 46.2 Å². The standard InChI is InChI=1S/C14H11ClN2O5S/c1-8(22-14(19)12-3-2-6-23-12)13(18)16-11-7-9(17(20)21)4-5-10(11)15/h2-8H,1H3,(H,16,18)/t8-/m0/s1. The molecular formula is C14H11ClN2O5S. The normalized spacial score (nSPS) is 11.6. The van der Waals surface area contributed by atoms with Gasteiger partial charge in [0.1, 0.15) is 4.88 Å². The number of benzene rings is 1. The number of hydrogen-bond donors (Lipinski definition) is 1. The van der Waals surface area contributed by atoms with Gasteiger partial charge in [-0.05, 0) is 24.4 Å². The van der Waals surface area contributed by atoms with Crippen molar-refractivity contribution in [1.29, 1.82) is 0 Å². The van der Waals surface area contributed by atoms with Gasteiger partial charge in [-0.3, -0.25) is 14.9 Å². The van der Waals surface area contributed by atoms with Crippen molar-refractivity contribution in [2.75, 3.05) is 5.32 Å². The Hall–Kier alpha value is -2.45. The molecule has 1 atom stereocenters. The zero-order valence-corrected chi connectivity index (χ0v) is 13.4. The number of carbonyl (C=O) groups is 2. The number of nitrogens with zero attached hydrogens (tertiary/aromatic N) is 1. The zero-order chi connectivity index (χ0) is 17.0. The van der Waals surface area contributed by atoms with Crippen LogP contribution in [0.2, 0.25) is 5.02 Å². The highest BCUT2D eigenvalue weighted by molar-refractivity contribution is 7.11. The largest absolute Gasteiger partial charge is 0.448 e. The Labute approximate surface area is 140 Å². The van der Waals surface area contributed by atoms with Crippen LogP contribution in [0.4, 0.5) is 11.4 Å². The van der Waals surface area contributed by atoms with Crippen LogP contribution in [0.1, 0.15) is 16.6 Å². The van der Waals surface area contributed by atoms with Crippen LogP contribution in [-0.4, -0.2) is 22.9 Å². The molecule has 0 saturated carbocycles. The van der Waals surface area contributed by atoms with E-state index in [9.17, 15) is 19.7 Å². The van der Waals surface area contributed by atoms with E-state index >= 15 is 0 Å². The van der Waals surface area contributed by atoms with Crippen LogP contribution in [0.3, 0.4) is 0 Å². The molecule has 2 aromatic rings. The molecule has 1 aromatic carbocycles. The van der Waals surface area contributed by atoms with E-state index in [0.29, 0.717) is 4.88 Å². The quantitative estimate of drug-likeness (QED) is 0.503. The number of amides is 1. The first-order valence-corrected chi connectivity index (χ1v) is 7.63. The second-order valence-corrected chi connectivity index (χ2v) is 5.79. The van der Waals surface area contributed by atoms with Crippen molar-refractivity contribution in [3.05, 3.63) is 55.7 Å². The minimum Gasteiger partial charge on any atom is -0.448 e. The Kier molecular flexibility index (Phi) is 5.30. The SMILES string of the molecule is C[C@H](OC(=O)c1cccs1)C(=O)Nc1cc([N+](=O)[O-])ccc1Cl. The number of non-ortho nitro benzene ring substituents is 1. The van der Waals surface area contributed by atoms with Gasteiger partial charge in [-0.1, -0.05) is 17.7 Å². The third-order valence-corrected chi connectivity index (χ3v) is 3.97. The van der Waals surface area contributed by atoms with Crippen LogP contribution in [-0.2, 0) is 9.53 Å². The Balaban J connectivity index is 2.05. The van der Waals surface area contributed by atoms with Crippen molar-refractivity contribution in [1.82, 2.24) is 0 Å². The van der Waals surface area contributed by atoms with E-state index in [0.717, 1.165) is 6.07 Å². The van der Waals surface area contributed by atoms with Crippen LogP contribution >= 0.6 is 22.9 Å². The van der Waals surface area contributed by atoms with E-state index in [2.05, 4.69) is 5.32 Å². The molecule has 2 rings (SSSR count). The van der Waals surface area contributed by atoms with Crippen molar-refractivity contribution in [2.45, 2.75) is 13.0 Å². The first-order valence-electron chi connectivity index (χ1n) is 6.38. The Morgan fingerprint density at radius 2 is 2.13 bits per heavy atom. The van der Waals surface area contributed by atoms with Crippen LogP contribution in [0.5, 0.6) is 0 Å². The molecule has 0 spiro atoms. The summed E-state index contributed by atoms with van der Waals surface area (Å²) >= 11 is 7.09. The number of nitrogens with one attached hydrogen (secondary N) is 1. The van der Waals surface area contributed by atoms with E-state index in [4.69, 9.17) is 16.3 Å². The summed E-state index contributed by atoms with van der Waals surface area (Å²) in [6, 6.07) is 6.92. The van der Waals surface area contributed by atoms with Crippen LogP contribution < -0.4 is 5.32 Å². The van der Waals surface area contributed by atoms with Gasteiger partial charge in [0.15, 0.2) is 6.10 Å². The van der Waals surface area contributed by atoms with Gasteiger partial charge in [-0.2, -0.15) is 0 Å². The molecular weight excluding hydrogens is 344 g/mol. The predicted molar refractivity (Wildman–Crippen MR) is 85.9 cm³/mol. The van der Waals surface area contributed by atoms with Gasteiger partial charge < -0.3 is 10.1 Å². The molecule has 0 aliphatic rings. The molecule has 0 aliphatic carbocycles. The third kappa shape index (κ3) is 4.27. The first-order chi connectivity index (χ1) is 10.9. The van der Waals surface area contributed by atoms with Crippen LogP contribution in [0.15, 0.2) is 35.7 Å². The molecule has 1 N–H and O–H groups in total. The smallest absolute Gasteiger partial charge is 0.349 e. The maximum atomic E-state index is 12.0. The monoisotopic (exact) mass is 354 g/mol. The zero-order valence-electron chi connectivity index (χ0n) is 11.8. The highest BCUT2D eigenvalue weighted by Gasteiger charge is 2.21. The fourth-order valence-electron chi connectivity index (χ4n) is 1.62. The van der Waals surface area contributed by atoms with Crippen molar-refractivity contribution in [3.63, 3.8) is 0 Å². The summed E-state index contributed by atoms with van der Waals surface area (Å²) in [4.78, 5) is 34.3. The van der Waals surface area contributed by atoms with Gasteiger partial charge in [0, 0.05) is 12.1 Å². The maximum absolute atomic E-state index is 12.0. The van der Waals surface area contributed by atoms with E-state index in [-0.39, 0.29) is 16.4 Å². The summed E-state index contributed by atoms with van der Waals surface area (Å²) in [5.74, 6) is -1.26. The summed E-state index contributed by atoms with van der Waals surface area (Å²) < 4.78 is 5.03. The molecule has 120 valence electrons. The molecule has 1 heterocycles. The van der Waals surface area contributed by atoms with Gasteiger partial charge in [-0.25, -0.2) is 4.79 Å². The lowest BCUT2D eigenvalue weighted by Crippen LogP contribution is -2.29. The van der Waals surface area contributed by atoms with Crippen molar-refractivity contribution < 1.29 is 19.2 Å². The summed E-state index contributed by atoms with van der Waals surface area (Å²) in [5.41, 5.74) is -0.141. The second-order valence-electron chi connectivity index (χ2n) is 4.44. The second kappa shape index (κ2) is 7.21. The Morgan fingerprint density at radius 1 is 1.39 bits per heavy atom. The predicted octanol–water partition coefficient (Wildman–Crippen LogP) is 3.49. The number of anilines is 1. The number of nitro benzene ring substituents is 1. The lowest BCUT2D eigenvalue weighted by Gasteiger charge is -2.13. The number of rotatable bonds is 5. The molecule has 0 unspecified atom stereocenters. The highest BCUT2D eigenvalue weighted by atomic mass is 35.5. The number of nitro groups is 1. The van der Waals surface area contributed by atoms with Gasteiger partial charge in [0.05, 0.1) is 15.6 Å². The van der Waals surface area contributed by atoms with E-state index < -0.39 is 22.9 Å². The van der Waals surface area contributed by atoms with E-state index in [1.54, 1.807) is 17.5 Å². The van der Waals surface area contributed by atoms with Gasteiger partial charge in [-0.15, -0.1) is 11.3 Å². The molecule has 0 radical (unpaired) electrons. The van der Waals surface area contributed by atoms with Gasteiger partial charge >= 0.3 is 5.97 Å². The van der Waals surface area contributed by atoms with Crippen LogP contribution in [0.25, 0.3) is 0 Å². The Morgan fingerprint density at radius 3 is 2.74 bits per heavy atom. The number of esters is 1. The lowest BCUT2D eigenvalue weighted by atomic mass is 10.2. The van der Waals surface area contributed by atoms with Crippen LogP contribution in [0, 0.1) is 10.1 Å².